The van der Waals surface area contributed by atoms with Crippen molar-refractivity contribution in [2.45, 2.75) is 18.0 Å². The van der Waals surface area contributed by atoms with Crippen molar-refractivity contribution in [3.63, 3.8) is 0 Å². The molecule has 2 N–H and O–H groups in total. The number of nitrogens with zero attached hydrogens (tertiary/aromatic N) is 6. The lowest BCUT2D eigenvalue weighted by molar-refractivity contribution is 0.0234. The Hall–Kier alpha value is -3.39. The molecule has 2 aliphatic heterocycles. The van der Waals surface area contributed by atoms with Gasteiger partial charge in [-0.05, 0) is 19.7 Å². The summed E-state index contributed by atoms with van der Waals surface area (Å²) in [5, 5.41) is 0.334. The first-order chi connectivity index (χ1) is 16.2. The number of rotatable bonds is 9. The van der Waals surface area contributed by atoms with Gasteiger partial charge in [-0.3, -0.25) is 9.98 Å². The minimum absolute atomic E-state index is 0.0538. The zero-order valence-corrected chi connectivity index (χ0v) is 19.9. The Bertz CT molecular complexity index is 1070. The summed E-state index contributed by atoms with van der Waals surface area (Å²) in [6.07, 6.45) is 11.6. The molecule has 0 amide bonds. The van der Waals surface area contributed by atoms with Crippen LogP contribution in [0.1, 0.15) is 6.92 Å². The highest BCUT2D eigenvalue weighted by Gasteiger charge is 2.64. The Morgan fingerprint density at radius 1 is 1.56 bits per heavy atom. The molecular weight excluding hydrogens is 460 g/mol. The van der Waals surface area contributed by atoms with E-state index in [2.05, 4.69) is 34.2 Å². The molecule has 3 heterocycles. The van der Waals surface area contributed by atoms with Crippen LogP contribution in [0.5, 0.6) is 0 Å². The Balaban J connectivity index is 2.19. The van der Waals surface area contributed by atoms with Crippen LogP contribution in [0.3, 0.4) is 0 Å². The Morgan fingerprint density at radius 3 is 2.88 bits per heavy atom. The third-order valence-corrected chi connectivity index (χ3v) is 7.21. The van der Waals surface area contributed by atoms with E-state index in [0.29, 0.717) is 23.4 Å². The van der Waals surface area contributed by atoms with E-state index in [-0.39, 0.29) is 25.0 Å². The normalized spacial score (nSPS) is 24.4. The van der Waals surface area contributed by atoms with Crippen molar-refractivity contribution in [1.29, 1.82) is 0 Å². The van der Waals surface area contributed by atoms with Crippen LogP contribution in [-0.2, 0) is 4.74 Å². The first kappa shape index (κ1) is 25.2. The molecule has 0 aromatic carbocycles. The van der Waals surface area contributed by atoms with Gasteiger partial charge in [0.1, 0.15) is 16.9 Å². The summed E-state index contributed by atoms with van der Waals surface area (Å²) >= 11 is 1.40. The summed E-state index contributed by atoms with van der Waals surface area (Å²) in [5.74, 6) is 2.28. The molecule has 1 aromatic heterocycles. The SMILES string of the molecule is C#CCO/C(=C/N=C)N(C)C(C)(/C(F)=C\C=C)[C@]12CN(c3ncc(F)cn3)C[C@H]1CSC(N)=N2. The van der Waals surface area contributed by atoms with Crippen LogP contribution < -0.4 is 10.6 Å². The zero-order chi connectivity index (χ0) is 24.9. The number of nitrogens with two attached hydrogens (primary N) is 1. The first-order valence-electron chi connectivity index (χ1n) is 10.4. The Morgan fingerprint density at radius 2 is 2.26 bits per heavy atom. The number of aliphatic imine (C=N–C) groups is 2. The van der Waals surface area contributed by atoms with Crippen LogP contribution in [0.4, 0.5) is 14.7 Å². The van der Waals surface area contributed by atoms with Gasteiger partial charge in [0.05, 0.1) is 18.6 Å². The smallest absolute Gasteiger partial charge is 0.225 e. The van der Waals surface area contributed by atoms with E-state index in [1.54, 1.807) is 18.9 Å². The van der Waals surface area contributed by atoms with Crippen molar-refractivity contribution in [3.8, 4) is 12.3 Å². The maximum absolute atomic E-state index is 16.1. The third-order valence-electron chi connectivity index (χ3n) is 6.26. The number of hydrogen-bond donors (Lipinski definition) is 1. The fourth-order valence-corrected chi connectivity index (χ4v) is 5.45. The van der Waals surface area contributed by atoms with Gasteiger partial charge >= 0.3 is 0 Å². The molecular formula is C23H27F2N7OS. The topological polar surface area (TPSA) is 92.2 Å². The van der Waals surface area contributed by atoms with Crippen molar-refractivity contribution in [3.05, 3.63) is 54.9 Å². The van der Waals surface area contributed by atoms with E-state index in [4.69, 9.17) is 21.9 Å². The molecule has 0 spiro atoms. The summed E-state index contributed by atoms with van der Waals surface area (Å²) in [5.41, 5.74) is 3.68. The fourth-order valence-electron chi connectivity index (χ4n) is 4.47. The highest BCUT2D eigenvalue weighted by atomic mass is 32.2. The molecule has 3 atom stereocenters. The summed E-state index contributed by atoms with van der Waals surface area (Å²) < 4.78 is 35.2. The standard InChI is InChI=1S/C23H27F2N7OS/c1-6-8-18(25)22(3,31(5)19(12-27-4)33-9-7-2)23-15-32(21-28-10-17(24)11-29-21)13-16(23)14-34-20(26)30-23/h2,6,8,10-12,16H,1,4,9,13-15H2,3,5H3,(H2,26,30)/b18-8+,19-12+/t16-,22?,23-/m0/s1. The van der Waals surface area contributed by atoms with Crippen molar-refractivity contribution < 1.29 is 13.5 Å². The number of anilines is 1. The molecule has 1 fully saturated rings. The van der Waals surface area contributed by atoms with Gasteiger partial charge in [0.15, 0.2) is 17.6 Å². The maximum Gasteiger partial charge on any atom is 0.225 e. The van der Waals surface area contributed by atoms with Gasteiger partial charge in [-0.15, -0.1) is 6.42 Å². The van der Waals surface area contributed by atoms with Gasteiger partial charge in [0, 0.05) is 31.8 Å². The highest BCUT2D eigenvalue weighted by Crippen LogP contribution is 2.51. The van der Waals surface area contributed by atoms with Crippen molar-refractivity contribution in [2.75, 3.05) is 37.4 Å². The first-order valence-corrected chi connectivity index (χ1v) is 11.4. The molecule has 11 heteroatoms. The molecule has 34 heavy (non-hydrogen) atoms. The number of fused-ring (bicyclic) bond motifs is 1. The highest BCUT2D eigenvalue weighted by molar-refractivity contribution is 8.13. The second-order valence-corrected chi connectivity index (χ2v) is 9.03. The van der Waals surface area contributed by atoms with Gasteiger partial charge in [-0.2, -0.15) is 0 Å². The molecule has 0 aliphatic carbocycles. The predicted molar refractivity (Wildman–Crippen MR) is 132 cm³/mol. The lowest BCUT2D eigenvalue weighted by Gasteiger charge is -2.52. The Labute approximate surface area is 202 Å². The minimum atomic E-state index is -1.42. The molecule has 8 nitrogen and oxygen atoms in total. The van der Waals surface area contributed by atoms with Gasteiger partial charge in [-0.25, -0.2) is 18.7 Å². The van der Waals surface area contributed by atoms with Crippen LogP contribution in [0, 0.1) is 24.1 Å². The van der Waals surface area contributed by atoms with Crippen molar-refractivity contribution >= 4 is 29.6 Å². The Kier molecular flexibility index (Phi) is 7.61. The predicted octanol–water partition coefficient (Wildman–Crippen LogP) is 2.73. The average molecular weight is 488 g/mol. The van der Waals surface area contributed by atoms with E-state index in [1.807, 2.05) is 4.90 Å². The third kappa shape index (κ3) is 4.37. The number of aromatic nitrogens is 2. The van der Waals surface area contributed by atoms with Crippen LogP contribution in [0.25, 0.3) is 0 Å². The monoisotopic (exact) mass is 487 g/mol. The average Bonchev–Trinajstić information content (AvgIpc) is 3.21. The molecule has 0 bridgehead atoms. The summed E-state index contributed by atoms with van der Waals surface area (Å²) in [6.45, 7) is 9.48. The van der Waals surface area contributed by atoms with Gasteiger partial charge < -0.3 is 20.3 Å². The lowest BCUT2D eigenvalue weighted by Crippen LogP contribution is -2.66. The summed E-state index contributed by atoms with van der Waals surface area (Å²) in [7, 11) is 1.67. The largest absolute Gasteiger partial charge is 0.465 e. The van der Waals surface area contributed by atoms with Gasteiger partial charge in [0.25, 0.3) is 0 Å². The number of allylic oxidation sites excluding steroid dienone is 2. The number of amidine groups is 1. The number of thioether (sulfide) groups is 1. The minimum Gasteiger partial charge on any atom is -0.465 e. The molecule has 3 rings (SSSR count). The van der Waals surface area contributed by atoms with Gasteiger partial charge in [0.2, 0.25) is 11.8 Å². The second kappa shape index (κ2) is 10.3. The van der Waals surface area contributed by atoms with Gasteiger partial charge in [-0.1, -0.05) is 30.3 Å². The van der Waals surface area contributed by atoms with Crippen LogP contribution in [-0.4, -0.2) is 70.3 Å². The number of likely N-dealkylation sites (N-methyl/N-ethyl adjacent to an activating group) is 1. The van der Waals surface area contributed by atoms with E-state index in [9.17, 15) is 4.39 Å². The van der Waals surface area contributed by atoms with Crippen LogP contribution in [0.15, 0.2) is 59.0 Å². The lowest BCUT2D eigenvalue weighted by atomic mass is 9.70. The molecule has 1 saturated heterocycles. The van der Waals surface area contributed by atoms with Crippen LogP contribution in [0.2, 0.25) is 0 Å². The van der Waals surface area contributed by atoms with Crippen molar-refractivity contribution in [2.24, 2.45) is 21.6 Å². The molecule has 180 valence electrons. The molecule has 1 aromatic rings. The molecule has 1 unspecified atom stereocenters. The summed E-state index contributed by atoms with van der Waals surface area (Å²) in [4.78, 5) is 20.3. The number of terminal acetylenes is 1. The van der Waals surface area contributed by atoms with Crippen LogP contribution >= 0.6 is 11.8 Å². The summed E-state index contributed by atoms with van der Waals surface area (Å²) in [6, 6.07) is 0. The zero-order valence-electron chi connectivity index (χ0n) is 19.1. The number of halogens is 2. The molecule has 0 radical (unpaired) electrons. The van der Waals surface area contributed by atoms with E-state index >= 15 is 4.39 Å². The second-order valence-electron chi connectivity index (χ2n) is 7.99. The van der Waals surface area contributed by atoms with Crippen molar-refractivity contribution in [1.82, 2.24) is 14.9 Å². The molecule has 0 saturated carbocycles. The fraction of sp³-hybridized carbons (Fsp3) is 0.391. The maximum atomic E-state index is 16.1. The number of ether oxygens (including phenoxy) is 1. The van der Waals surface area contributed by atoms with E-state index < -0.39 is 22.7 Å². The number of hydrogen-bond acceptors (Lipinski definition) is 9. The van der Waals surface area contributed by atoms with E-state index in [1.165, 1.54) is 30.1 Å². The molecule has 2 aliphatic rings. The van der Waals surface area contributed by atoms with E-state index in [0.717, 1.165) is 12.4 Å². The quantitative estimate of drug-likeness (QED) is 0.248.